The topological polar surface area (TPSA) is 9.23 Å². The van der Waals surface area contributed by atoms with Gasteiger partial charge in [0.1, 0.15) is 6.10 Å². The largest absolute Gasteiger partial charge is 0.366 e. The van der Waals surface area contributed by atoms with E-state index in [9.17, 15) is 0 Å². The molecule has 0 atom stereocenters. The van der Waals surface area contributed by atoms with Gasteiger partial charge >= 0.3 is 0 Å². The summed E-state index contributed by atoms with van der Waals surface area (Å²) in [7, 11) is 0. The minimum absolute atomic E-state index is 0.0345. The second kappa shape index (κ2) is 7.10. The first kappa shape index (κ1) is 13.8. The van der Waals surface area contributed by atoms with Crippen LogP contribution in [0.5, 0.6) is 0 Å². The molecular formula is C18H22O. The Hall–Kier alpha value is -1.60. The van der Waals surface area contributed by atoms with Crippen LogP contribution in [-0.4, -0.2) is 6.10 Å². The van der Waals surface area contributed by atoms with Crippen molar-refractivity contribution in [2.45, 2.75) is 38.9 Å². The fourth-order valence-corrected chi connectivity index (χ4v) is 2.28. The van der Waals surface area contributed by atoms with Gasteiger partial charge in [0.05, 0.1) is 6.10 Å². The maximum atomic E-state index is 6.32. The van der Waals surface area contributed by atoms with E-state index < -0.39 is 0 Å². The molecule has 0 amide bonds. The van der Waals surface area contributed by atoms with Crippen molar-refractivity contribution in [3.63, 3.8) is 0 Å². The molecule has 0 unspecified atom stereocenters. The van der Waals surface area contributed by atoms with Gasteiger partial charge in [-0.05, 0) is 24.0 Å². The highest BCUT2D eigenvalue weighted by molar-refractivity contribution is 5.29. The Morgan fingerprint density at radius 2 is 1.16 bits per heavy atom. The quantitative estimate of drug-likeness (QED) is 0.706. The zero-order valence-corrected chi connectivity index (χ0v) is 11.8. The molecule has 2 rings (SSSR count). The van der Waals surface area contributed by atoms with Gasteiger partial charge < -0.3 is 4.74 Å². The van der Waals surface area contributed by atoms with Gasteiger partial charge in [-0.2, -0.15) is 0 Å². The van der Waals surface area contributed by atoms with Gasteiger partial charge in [-0.3, -0.25) is 0 Å². The van der Waals surface area contributed by atoms with Crippen LogP contribution in [0.25, 0.3) is 0 Å². The standard InChI is InChI=1S/C18H22O/c1-3-17(4-2)19-18(15-11-7-5-8-12-15)16-13-9-6-10-14-16/h5-14,17-18H,3-4H2,1-2H3. The van der Waals surface area contributed by atoms with Crippen LogP contribution >= 0.6 is 0 Å². The monoisotopic (exact) mass is 254 g/mol. The summed E-state index contributed by atoms with van der Waals surface area (Å²) in [5.41, 5.74) is 2.45. The molecule has 0 fully saturated rings. The van der Waals surface area contributed by atoms with Crippen LogP contribution in [0.15, 0.2) is 60.7 Å². The predicted octanol–water partition coefficient (Wildman–Crippen LogP) is 4.98. The summed E-state index contributed by atoms with van der Waals surface area (Å²) in [5.74, 6) is 0. The third kappa shape index (κ3) is 3.68. The van der Waals surface area contributed by atoms with Crippen molar-refractivity contribution < 1.29 is 4.74 Å². The molecule has 19 heavy (non-hydrogen) atoms. The van der Waals surface area contributed by atoms with Gasteiger partial charge in [-0.1, -0.05) is 74.5 Å². The number of hydrogen-bond donors (Lipinski definition) is 0. The van der Waals surface area contributed by atoms with Crippen molar-refractivity contribution in [3.8, 4) is 0 Å². The Labute approximate surface area is 116 Å². The first-order chi connectivity index (χ1) is 9.35. The number of rotatable bonds is 6. The average Bonchev–Trinajstić information content (AvgIpc) is 2.50. The molecule has 0 aliphatic heterocycles. The second-order valence-electron chi connectivity index (χ2n) is 4.78. The van der Waals surface area contributed by atoms with Crippen LogP contribution < -0.4 is 0 Å². The minimum atomic E-state index is 0.0345. The van der Waals surface area contributed by atoms with E-state index in [4.69, 9.17) is 4.74 Å². The lowest BCUT2D eigenvalue weighted by Gasteiger charge is -2.24. The molecular weight excluding hydrogens is 232 g/mol. The smallest absolute Gasteiger partial charge is 0.108 e. The van der Waals surface area contributed by atoms with Gasteiger partial charge in [0.25, 0.3) is 0 Å². The van der Waals surface area contributed by atoms with E-state index in [-0.39, 0.29) is 6.10 Å². The highest BCUT2D eigenvalue weighted by Crippen LogP contribution is 2.28. The van der Waals surface area contributed by atoms with Gasteiger partial charge in [0.2, 0.25) is 0 Å². The van der Waals surface area contributed by atoms with E-state index in [1.807, 2.05) is 12.1 Å². The fourth-order valence-electron chi connectivity index (χ4n) is 2.28. The number of ether oxygens (including phenoxy) is 1. The Kier molecular flexibility index (Phi) is 5.17. The van der Waals surface area contributed by atoms with Crippen LogP contribution in [0.4, 0.5) is 0 Å². The van der Waals surface area contributed by atoms with E-state index >= 15 is 0 Å². The minimum Gasteiger partial charge on any atom is -0.366 e. The molecule has 0 spiro atoms. The van der Waals surface area contributed by atoms with Gasteiger partial charge in [0.15, 0.2) is 0 Å². The summed E-state index contributed by atoms with van der Waals surface area (Å²) in [6, 6.07) is 20.9. The van der Waals surface area contributed by atoms with Crippen LogP contribution in [0.2, 0.25) is 0 Å². The maximum Gasteiger partial charge on any atom is 0.108 e. The summed E-state index contributed by atoms with van der Waals surface area (Å²) < 4.78 is 6.32. The lowest BCUT2D eigenvalue weighted by molar-refractivity contribution is 0.00420. The first-order valence-corrected chi connectivity index (χ1v) is 7.10. The lowest BCUT2D eigenvalue weighted by Crippen LogP contribution is -2.16. The van der Waals surface area contributed by atoms with Crippen LogP contribution in [0.1, 0.15) is 43.9 Å². The number of hydrogen-bond acceptors (Lipinski definition) is 1. The van der Waals surface area contributed by atoms with Crippen molar-refractivity contribution in [2.24, 2.45) is 0 Å². The van der Waals surface area contributed by atoms with E-state index in [1.165, 1.54) is 11.1 Å². The summed E-state index contributed by atoms with van der Waals surface area (Å²) in [6.45, 7) is 4.36. The van der Waals surface area contributed by atoms with E-state index in [1.54, 1.807) is 0 Å². The zero-order valence-electron chi connectivity index (χ0n) is 11.8. The Bertz CT molecular complexity index is 420. The molecule has 0 N–H and O–H groups in total. The molecule has 0 aromatic heterocycles. The van der Waals surface area contributed by atoms with Crippen molar-refractivity contribution >= 4 is 0 Å². The lowest BCUT2D eigenvalue weighted by atomic mass is 10.0. The Balaban J connectivity index is 2.29. The molecule has 2 aromatic rings. The molecule has 0 saturated heterocycles. The van der Waals surface area contributed by atoms with Crippen molar-refractivity contribution in [1.29, 1.82) is 0 Å². The predicted molar refractivity (Wildman–Crippen MR) is 80.2 cm³/mol. The molecule has 0 aliphatic rings. The molecule has 0 aliphatic carbocycles. The van der Waals surface area contributed by atoms with Crippen LogP contribution in [0, 0.1) is 0 Å². The molecule has 1 heteroatoms. The zero-order chi connectivity index (χ0) is 13.5. The summed E-state index contributed by atoms with van der Waals surface area (Å²) in [5, 5.41) is 0. The van der Waals surface area contributed by atoms with E-state index in [2.05, 4.69) is 62.4 Å². The molecule has 2 aromatic carbocycles. The molecule has 0 radical (unpaired) electrons. The Morgan fingerprint density at radius 3 is 1.53 bits per heavy atom. The first-order valence-electron chi connectivity index (χ1n) is 7.10. The second-order valence-corrected chi connectivity index (χ2v) is 4.78. The normalized spacial score (nSPS) is 11.2. The number of benzene rings is 2. The highest BCUT2D eigenvalue weighted by Gasteiger charge is 2.17. The maximum absolute atomic E-state index is 6.32. The molecule has 0 bridgehead atoms. The van der Waals surface area contributed by atoms with Crippen LogP contribution in [0.3, 0.4) is 0 Å². The molecule has 0 saturated carbocycles. The van der Waals surface area contributed by atoms with Crippen molar-refractivity contribution in [3.05, 3.63) is 71.8 Å². The van der Waals surface area contributed by atoms with Gasteiger partial charge in [0, 0.05) is 0 Å². The van der Waals surface area contributed by atoms with E-state index in [0.29, 0.717) is 6.10 Å². The third-order valence-corrected chi connectivity index (χ3v) is 3.44. The molecule has 0 heterocycles. The van der Waals surface area contributed by atoms with Crippen molar-refractivity contribution in [2.75, 3.05) is 0 Å². The molecule has 1 nitrogen and oxygen atoms in total. The third-order valence-electron chi connectivity index (χ3n) is 3.44. The Morgan fingerprint density at radius 1 is 0.737 bits per heavy atom. The fraction of sp³-hybridized carbons (Fsp3) is 0.333. The van der Waals surface area contributed by atoms with Gasteiger partial charge in [-0.15, -0.1) is 0 Å². The summed E-state index contributed by atoms with van der Waals surface area (Å²) in [4.78, 5) is 0. The molecule has 100 valence electrons. The van der Waals surface area contributed by atoms with Gasteiger partial charge in [-0.25, -0.2) is 0 Å². The van der Waals surface area contributed by atoms with Crippen molar-refractivity contribution in [1.82, 2.24) is 0 Å². The van der Waals surface area contributed by atoms with E-state index in [0.717, 1.165) is 12.8 Å². The van der Waals surface area contributed by atoms with Crippen LogP contribution in [-0.2, 0) is 4.74 Å². The summed E-state index contributed by atoms with van der Waals surface area (Å²) >= 11 is 0. The summed E-state index contributed by atoms with van der Waals surface area (Å²) in [6.07, 6.45) is 2.44. The SMILES string of the molecule is CCC(CC)OC(c1ccccc1)c1ccccc1. The average molecular weight is 254 g/mol. The highest BCUT2D eigenvalue weighted by atomic mass is 16.5.